The number of rotatable bonds is 9. The van der Waals surface area contributed by atoms with E-state index < -0.39 is 27.4 Å². The van der Waals surface area contributed by atoms with Crippen LogP contribution in [-0.2, 0) is 21.4 Å². The molecule has 0 aromatic heterocycles. The molecule has 0 aliphatic rings. The Hall–Kier alpha value is -3.41. The van der Waals surface area contributed by atoms with Crippen LogP contribution in [0.1, 0.15) is 11.1 Å². The fourth-order valence-electron chi connectivity index (χ4n) is 2.82. The molecule has 0 heterocycles. The van der Waals surface area contributed by atoms with E-state index in [0.717, 1.165) is 14.3 Å². The SMILES string of the molecule is O=C(CN(Cc1ccccc1)S(=O)(=O)c1ccc(Br)cc1)N/N=C\c1ccc([N+](=O)[O-])cc1. The number of nitro groups is 1. The lowest BCUT2D eigenvalue weighted by Gasteiger charge is -2.21. The Balaban J connectivity index is 1.74. The van der Waals surface area contributed by atoms with E-state index >= 15 is 0 Å². The van der Waals surface area contributed by atoms with Gasteiger partial charge in [-0.1, -0.05) is 46.3 Å². The number of hydrazone groups is 1. The molecule has 0 spiro atoms. The van der Waals surface area contributed by atoms with Gasteiger partial charge < -0.3 is 0 Å². The first-order chi connectivity index (χ1) is 15.8. The predicted molar refractivity (Wildman–Crippen MR) is 127 cm³/mol. The summed E-state index contributed by atoms with van der Waals surface area (Å²) in [5.41, 5.74) is 3.49. The van der Waals surface area contributed by atoms with Gasteiger partial charge in [-0.05, 0) is 47.5 Å². The molecule has 33 heavy (non-hydrogen) atoms. The lowest BCUT2D eigenvalue weighted by molar-refractivity contribution is -0.384. The van der Waals surface area contributed by atoms with Gasteiger partial charge in [0, 0.05) is 23.2 Å². The highest BCUT2D eigenvalue weighted by Crippen LogP contribution is 2.20. The zero-order valence-corrected chi connectivity index (χ0v) is 19.6. The fourth-order valence-corrected chi connectivity index (χ4v) is 4.47. The Bertz CT molecular complexity index is 1250. The molecule has 3 aromatic rings. The number of benzene rings is 3. The molecule has 0 saturated heterocycles. The fraction of sp³-hybridized carbons (Fsp3) is 0.0909. The number of amides is 1. The maximum atomic E-state index is 13.2. The topological polar surface area (TPSA) is 122 Å². The largest absolute Gasteiger partial charge is 0.272 e. The molecule has 11 heteroatoms. The molecule has 0 atom stereocenters. The van der Waals surface area contributed by atoms with Crippen molar-refractivity contribution >= 4 is 43.8 Å². The van der Waals surface area contributed by atoms with Crippen molar-refractivity contribution in [3.8, 4) is 0 Å². The summed E-state index contributed by atoms with van der Waals surface area (Å²) in [7, 11) is -3.97. The van der Waals surface area contributed by atoms with Gasteiger partial charge in [0.2, 0.25) is 10.0 Å². The van der Waals surface area contributed by atoms with E-state index in [1.54, 1.807) is 36.4 Å². The third-order valence-electron chi connectivity index (χ3n) is 4.48. The molecule has 0 aliphatic heterocycles. The lowest BCUT2D eigenvalue weighted by Crippen LogP contribution is -2.39. The molecule has 0 saturated carbocycles. The lowest BCUT2D eigenvalue weighted by atomic mass is 10.2. The minimum Gasteiger partial charge on any atom is -0.272 e. The molecule has 0 unspecified atom stereocenters. The molecule has 0 bridgehead atoms. The van der Waals surface area contributed by atoms with Gasteiger partial charge in [0.15, 0.2) is 0 Å². The average Bonchev–Trinajstić information content (AvgIpc) is 2.80. The third kappa shape index (κ3) is 6.78. The van der Waals surface area contributed by atoms with Crippen LogP contribution in [0.15, 0.2) is 93.3 Å². The monoisotopic (exact) mass is 530 g/mol. The van der Waals surface area contributed by atoms with Crippen LogP contribution in [-0.4, -0.2) is 36.3 Å². The van der Waals surface area contributed by atoms with E-state index in [9.17, 15) is 23.3 Å². The van der Waals surface area contributed by atoms with Crippen LogP contribution in [0.25, 0.3) is 0 Å². The van der Waals surface area contributed by atoms with Crippen molar-refractivity contribution in [2.24, 2.45) is 5.10 Å². The molecular formula is C22H19BrN4O5S. The van der Waals surface area contributed by atoms with E-state index in [1.807, 2.05) is 6.07 Å². The summed E-state index contributed by atoms with van der Waals surface area (Å²) in [5, 5.41) is 14.5. The second kappa shape index (κ2) is 10.9. The predicted octanol–water partition coefficient (Wildman–Crippen LogP) is 3.70. The van der Waals surface area contributed by atoms with E-state index in [4.69, 9.17) is 0 Å². The average molecular weight is 531 g/mol. The summed E-state index contributed by atoms with van der Waals surface area (Å²) in [6.45, 7) is -0.455. The maximum absolute atomic E-state index is 13.2. The van der Waals surface area contributed by atoms with Gasteiger partial charge in [-0.25, -0.2) is 13.8 Å². The van der Waals surface area contributed by atoms with Crippen molar-refractivity contribution in [3.63, 3.8) is 0 Å². The second-order valence-corrected chi connectivity index (χ2v) is 9.71. The molecule has 0 radical (unpaired) electrons. The van der Waals surface area contributed by atoms with E-state index in [1.165, 1.54) is 42.6 Å². The normalized spacial score (nSPS) is 11.6. The first-order valence-corrected chi connectivity index (χ1v) is 11.8. The summed E-state index contributed by atoms with van der Waals surface area (Å²) < 4.78 is 28.2. The van der Waals surface area contributed by atoms with Crippen molar-refractivity contribution in [2.75, 3.05) is 6.54 Å². The third-order valence-corrected chi connectivity index (χ3v) is 6.81. The highest BCUT2D eigenvalue weighted by Gasteiger charge is 2.27. The van der Waals surface area contributed by atoms with E-state index in [0.29, 0.717) is 5.56 Å². The van der Waals surface area contributed by atoms with E-state index in [2.05, 4.69) is 26.5 Å². The Morgan fingerprint density at radius 2 is 1.67 bits per heavy atom. The smallest absolute Gasteiger partial charge is 0.269 e. The number of hydrogen-bond donors (Lipinski definition) is 1. The number of nitrogens with zero attached hydrogens (tertiary/aromatic N) is 3. The van der Waals surface area contributed by atoms with Gasteiger partial charge >= 0.3 is 0 Å². The Morgan fingerprint density at radius 1 is 1.03 bits per heavy atom. The zero-order chi connectivity index (χ0) is 23.8. The number of nitrogens with one attached hydrogen (secondary N) is 1. The van der Waals surface area contributed by atoms with Crippen LogP contribution in [0.2, 0.25) is 0 Å². The zero-order valence-electron chi connectivity index (χ0n) is 17.2. The first-order valence-electron chi connectivity index (χ1n) is 9.62. The molecule has 1 amide bonds. The van der Waals surface area contributed by atoms with Crippen molar-refractivity contribution < 1.29 is 18.1 Å². The highest BCUT2D eigenvalue weighted by molar-refractivity contribution is 9.10. The summed E-state index contributed by atoms with van der Waals surface area (Å²) in [5.74, 6) is -0.634. The minimum absolute atomic E-state index is 0.00127. The van der Waals surface area contributed by atoms with Crippen LogP contribution in [0.4, 0.5) is 5.69 Å². The number of halogens is 1. The standard InChI is InChI=1S/C22H19BrN4O5S/c23-19-8-12-21(13-9-19)33(31,32)26(15-18-4-2-1-3-5-18)16-22(28)25-24-14-17-6-10-20(11-7-17)27(29)30/h1-14H,15-16H2,(H,25,28)/b24-14-. The van der Waals surface area contributed by atoms with E-state index in [-0.39, 0.29) is 17.1 Å². The van der Waals surface area contributed by atoms with Gasteiger partial charge in [0.05, 0.1) is 22.6 Å². The summed E-state index contributed by atoms with van der Waals surface area (Å²) in [6.07, 6.45) is 1.31. The summed E-state index contributed by atoms with van der Waals surface area (Å²) in [4.78, 5) is 22.7. The summed E-state index contributed by atoms with van der Waals surface area (Å²) >= 11 is 3.28. The minimum atomic E-state index is -3.97. The molecule has 170 valence electrons. The molecule has 0 fully saturated rings. The van der Waals surface area contributed by atoms with Crippen LogP contribution >= 0.6 is 15.9 Å². The quantitative estimate of drug-likeness (QED) is 0.256. The Kier molecular flexibility index (Phi) is 8.04. The van der Waals surface area contributed by atoms with Crippen molar-refractivity contribution in [1.82, 2.24) is 9.73 Å². The maximum Gasteiger partial charge on any atom is 0.269 e. The Labute approximate surface area is 199 Å². The van der Waals surface area contributed by atoms with Crippen LogP contribution in [0.3, 0.4) is 0 Å². The van der Waals surface area contributed by atoms with Gasteiger partial charge in [-0.2, -0.15) is 9.41 Å². The van der Waals surface area contributed by atoms with Crippen LogP contribution in [0.5, 0.6) is 0 Å². The number of carbonyl (C=O) groups is 1. The number of carbonyl (C=O) groups excluding carboxylic acids is 1. The number of non-ortho nitro benzene ring substituents is 1. The Morgan fingerprint density at radius 3 is 2.27 bits per heavy atom. The first kappa shape index (κ1) is 24.2. The molecule has 0 aliphatic carbocycles. The van der Waals surface area contributed by atoms with Crippen molar-refractivity contribution in [3.05, 3.63) is 105 Å². The molecule has 9 nitrogen and oxygen atoms in total. The molecular weight excluding hydrogens is 512 g/mol. The van der Waals surface area contributed by atoms with Crippen molar-refractivity contribution in [1.29, 1.82) is 0 Å². The van der Waals surface area contributed by atoms with Crippen molar-refractivity contribution in [2.45, 2.75) is 11.4 Å². The molecule has 3 rings (SSSR count). The van der Waals surface area contributed by atoms with Gasteiger partial charge in [0.1, 0.15) is 0 Å². The molecule has 3 aromatic carbocycles. The van der Waals surface area contributed by atoms with Crippen LogP contribution in [0, 0.1) is 10.1 Å². The number of sulfonamides is 1. The van der Waals surface area contributed by atoms with Gasteiger partial charge in [-0.15, -0.1) is 0 Å². The second-order valence-electron chi connectivity index (χ2n) is 6.85. The van der Waals surface area contributed by atoms with Gasteiger partial charge in [-0.3, -0.25) is 14.9 Å². The number of nitro benzene ring substituents is 1. The number of hydrogen-bond acceptors (Lipinski definition) is 6. The van der Waals surface area contributed by atoms with Gasteiger partial charge in [0.25, 0.3) is 11.6 Å². The van der Waals surface area contributed by atoms with Crippen LogP contribution < -0.4 is 5.43 Å². The molecule has 1 N–H and O–H groups in total. The highest BCUT2D eigenvalue weighted by atomic mass is 79.9. The summed E-state index contributed by atoms with van der Waals surface area (Å²) in [6, 6.07) is 20.7.